The molecule has 0 aliphatic carbocycles. The molecule has 0 unspecified atom stereocenters. The summed E-state index contributed by atoms with van der Waals surface area (Å²) < 4.78 is 40.7. The summed E-state index contributed by atoms with van der Waals surface area (Å²) in [5.74, 6) is 0.335. The molecule has 9 heteroatoms. The third-order valence-corrected chi connectivity index (χ3v) is 6.93. The van der Waals surface area contributed by atoms with Crippen molar-refractivity contribution in [3.05, 3.63) is 54.1 Å². The number of nitrogens with zero attached hydrogens (tertiary/aromatic N) is 3. The SMILES string of the molecule is O=C(CSc1nc2ccccc2s1)N1CCN(c2cccc(C(F)(F)F)c2)CC1. The molecule has 2 heterocycles. The molecule has 0 radical (unpaired) electrons. The van der Waals surface area contributed by atoms with Gasteiger partial charge in [0, 0.05) is 31.9 Å². The Morgan fingerprint density at radius 3 is 2.55 bits per heavy atom. The summed E-state index contributed by atoms with van der Waals surface area (Å²) in [5, 5.41) is 0. The van der Waals surface area contributed by atoms with Gasteiger partial charge >= 0.3 is 6.18 Å². The van der Waals surface area contributed by atoms with Gasteiger partial charge in [-0.2, -0.15) is 13.2 Å². The highest BCUT2D eigenvalue weighted by Crippen LogP contribution is 2.32. The van der Waals surface area contributed by atoms with Crippen molar-refractivity contribution < 1.29 is 18.0 Å². The number of thioether (sulfide) groups is 1. The van der Waals surface area contributed by atoms with Crippen molar-refractivity contribution >= 4 is 44.9 Å². The van der Waals surface area contributed by atoms with E-state index >= 15 is 0 Å². The van der Waals surface area contributed by atoms with Gasteiger partial charge in [0.05, 0.1) is 21.5 Å². The molecule has 2 aromatic carbocycles. The van der Waals surface area contributed by atoms with E-state index in [0.717, 1.165) is 20.6 Å². The number of carbonyl (C=O) groups is 1. The average Bonchev–Trinajstić information content (AvgIpc) is 3.15. The number of fused-ring (bicyclic) bond motifs is 1. The van der Waals surface area contributed by atoms with E-state index in [0.29, 0.717) is 37.6 Å². The fourth-order valence-corrected chi connectivity index (χ4v) is 5.19. The van der Waals surface area contributed by atoms with Crippen LogP contribution >= 0.6 is 23.1 Å². The molecule has 3 aromatic rings. The summed E-state index contributed by atoms with van der Waals surface area (Å²) in [6, 6.07) is 13.2. The van der Waals surface area contributed by atoms with E-state index in [2.05, 4.69) is 4.98 Å². The second kappa shape index (κ2) is 8.23. The van der Waals surface area contributed by atoms with Gasteiger partial charge in [-0.05, 0) is 30.3 Å². The summed E-state index contributed by atoms with van der Waals surface area (Å²) in [5.41, 5.74) is 0.818. The first-order valence-electron chi connectivity index (χ1n) is 9.08. The maximum Gasteiger partial charge on any atom is 0.416 e. The number of hydrogen-bond acceptors (Lipinski definition) is 5. The molecule has 1 aliphatic heterocycles. The number of para-hydroxylation sites is 1. The molecule has 29 heavy (non-hydrogen) atoms. The minimum atomic E-state index is -4.36. The Kier molecular flexibility index (Phi) is 5.69. The standard InChI is InChI=1S/C20H18F3N3OS2/c21-20(22,23)14-4-3-5-15(12-14)25-8-10-26(11-9-25)18(27)13-28-19-24-16-6-1-2-7-17(16)29-19/h1-7,12H,8-11,13H2. The van der Waals surface area contributed by atoms with Gasteiger partial charge in [0.2, 0.25) is 5.91 Å². The van der Waals surface area contributed by atoms with Crippen LogP contribution in [0.2, 0.25) is 0 Å². The summed E-state index contributed by atoms with van der Waals surface area (Å²) in [7, 11) is 0. The van der Waals surface area contributed by atoms with E-state index in [9.17, 15) is 18.0 Å². The highest BCUT2D eigenvalue weighted by Gasteiger charge is 2.31. The number of benzene rings is 2. The zero-order valence-corrected chi connectivity index (χ0v) is 17.0. The Bertz CT molecular complexity index is 980. The quantitative estimate of drug-likeness (QED) is 0.552. The number of hydrogen-bond donors (Lipinski definition) is 0. The second-order valence-corrected chi connectivity index (χ2v) is 8.91. The number of carbonyl (C=O) groups excluding carboxylic acids is 1. The Morgan fingerprint density at radius 1 is 1.07 bits per heavy atom. The van der Waals surface area contributed by atoms with Crippen LogP contribution in [0.5, 0.6) is 0 Å². The molecule has 152 valence electrons. The molecule has 1 saturated heterocycles. The van der Waals surface area contributed by atoms with Crippen LogP contribution in [0.1, 0.15) is 5.56 Å². The van der Waals surface area contributed by atoms with Crippen molar-refractivity contribution in [1.82, 2.24) is 9.88 Å². The molecule has 1 fully saturated rings. The molecule has 0 atom stereocenters. The number of halogens is 3. The molecule has 1 amide bonds. The van der Waals surface area contributed by atoms with Gasteiger partial charge in [-0.15, -0.1) is 11.3 Å². The fraction of sp³-hybridized carbons (Fsp3) is 0.300. The summed E-state index contributed by atoms with van der Waals surface area (Å²) in [4.78, 5) is 20.7. The van der Waals surface area contributed by atoms with E-state index in [1.165, 1.54) is 23.9 Å². The predicted molar refractivity (Wildman–Crippen MR) is 111 cm³/mol. The van der Waals surface area contributed by atoms with Crippen molar-refractivity contribution in [3.8, 4) is 0 Å². The van der Waals surface area contributed by atoms with Crippen molar-refractivity contribution in [3.63, 3.8) is 0 Å². The van der Waals surface area contributed by atoms with E-state index in [4.69, 9.17) is 0 Å². The molecule has 0 spiro atoms. The molecule has 0 N–H and O–H groups in total. The average molecular weight is 438 g/mol. The smallest absolute Gasteiger partial charge is 0.368 e. The summed E-state index contributed by atoms with van der Waals surface area (Å²) >= 11 is 3.00. The number of anilines is 1. The Hall–Kier alpha value is -2.26. The third-order valence-electron chi connectivity index (χ3n) is 4.76. The molecule has 4 nitrogen and oxygen atoms in total. The molecule has 0 saturated carbocycles. The van der Waals surface area contributed by atoms with Gasteiger partial charge in [-0.3, -0.25) is 4.79 Å². The third kappa shape index (κ3) is 4.67. The maximum atomic E-state index is 12.9. The number of thiazole rings is 1. The Labute approximate surface area is 174 Å². The lowest BCUT2D eigenvalue weighted by molar-refractivity contribution is -0.137. The second-order valence-electron chi connectivity index (χ2n) is 6.65. The van der Waals surface area contributed by atoms with E-state index in [-0.39, 0.29) is 5.91 Å². The number of amides is 1. The first-order valence-corrected chi connectivity index (χ1v) is 10.9. The number of rotatable bonds is 4. The zero-order chi connectivity index (χ0) is 20.4. The van der Waals surface area contributed by atoms with Crippen molar-refractivity contribution in [2.24, 2.45) is 0 Å². The van der Waals surface area contributed by atoms with E-state index < -0.39 is 11.7 Å². The molecule has 0 bridgehead atoms. The molecule has 1 aliphatic rings. The molecule has 1 aromatic heterocycles. The number of alkyl halides is 3. The highest BCUT2D eigenvalue weighted by atomic mass is 32.2. The number of aromatic nitrogens is 1. The summed E-state index contributed by atoms with van der Waals surface area (Å²) in [6.07, 6.45) is -4.36. The topological polar surface area (TPSA) is 36.4 Å². The van der Waals surface area contributed by atoms with Crippen LogP contribution < -0.4 is 4.90 Å². The van der Waals surface area contributed by atoms with Crippen LogP contribution in [0.4, 0.5) is 18.9 Å². The Morgan fingerprint density at radius 2 is 1.83 bits per heavy atom. The number of piperazine rings is 1. The van der Waals surface area contributed by atoms with Crippen LogP contribution in [0.15, 0.2) is 52.9 Å². The van der Waals surface area contributed by atoms with Crippen molar-refractivity contribution in [2.75, 3.05) is 36.8 Å². The summed E-state index contributed by atoms with van der Waals surface area (Å²) in [6.45, 7) is 2.02. The van der Waals surface area contributed by atoms with Gasteiger partial charge < -0.3 is 9.80 Å². The largest absolute Gasteiger partial charge is 0.416 e. The van der Waals surface area contributed by atoms with Gasteiger partial charge in [-0.1, -0.05) is 30.0 Å². The molecular formula is C20H18F3N3OS2. The lowest BCUT2D eigenvalue weighted by Crippen LogP contribution is -2.49. The van der Waals surface area contributed by atoms with Gasteiger partial charge in [0.15, 0.2) is 4.34 Å². The minimum Gasteiger partial charge on any atom is -0.368 e. The normalized spacial score (nSPS) is 15.1. The van der Waals surface area contributed by atoms with Gasteiger partial charge in [-0.25, -0.2) is 4.98 Å². The van der Waals surface area contributed by atoms with Gasteiger partial charge in [0.1, 0.15) is 0 Å². The van der Waals surface area contributed by atoms with Gasteiger partial charge in [0.25, 0.3) is 0 Å². The van der Waals surface area contributed by atoms with Crippen LogP contribution in [0.3, 0.4) is 0 Å². The van der Waals surface area contributed by atoms with Crippen molar-refractivity contribution in [2.45, 2.75) is 10.5 Å². The lowest BCUT2D eigenvalue weighted by Gasteiger charge is -2.36. The first kappa shape index (κ1) is 20.0. The minimum absolute atomic E-state index is 0.0259. The highest BCUT2D eigenvalue weighted by molar-refractivity contribution is 8.01. The molecule has 4 rings (SSSR count). The maximum absolute atomic E-state index is 12.9. The fourth-order valence-electron chi connectivity index (χ4n) is 3.22. The first-order chi connectivity index (χ1) is 13.9. The van der Waals surface area contributed by atoms with Crippen molar-refractivity contribution in [1.29, 1.82) is 0 Å². The lowest BCUT2D eigenvalue weighted by atomic mass is 10.1. The molecular weight excluding hydrogens is 419 g/mol. The van der Waals surface area contributed by atoms with Crippen LogP contribution in [0, 0.1) is 0 Å². The monoisotopic (exact) mass is 437 g/mol. The van der Waals surface area contributed by atoms with E-state index in [1.54, 1.807) is 22.3 Å². The van der Waals surface area contributed by atoms with E-state index in [1.807, 2.05) is 29.2 Å². The van der Waals surface area contributed by atoms with Crippen LogP contribution in [-0.4, -0.2) is 47.7 Å². The van der Waals surface area contributed by atoms with Crippen LogP contribution in [-0.2, 0) is 11.0 Å². The zero-order valence-electron chi connectivity index (χ0n) is 15.4. The predicted octanol–water partition coefficient (Wildman–Crippen LogP) is 4.76. The Balaban J connectivity index is 1.31. The van der Waals surface area contributed by atoms with Crippen LogP contribution in [0.25, 0.3) is 10.2 Å².